The van der Waals surface area contributed by atoms with E-state index < -0.39 is 0 Å². The van der Waals surface area contributed by atoms with Crippen molar-refractivity contribution in [2.24, 2.45) is 5.92 Å². The average Bonchev–Trinajstić information content (AvgIpc) is 2.41. The molecule has 1 saturated heterocycles. The summed E-state index contributed by atoms with van der Waals surface area (Å²) in [7, 11) is 1.92. The van der Waals surface area contributed by atoms with Crippen LogP contribution >= 0.6 is 0 Å². The SMILES string of the molecule is CCc1cccc(C)c1N1CC(CNC)COC1=O. The summed E-state index contributed by atoms with van der Waals surface area (Å²) >= 11 is 0. The Morgan fingerprint density at radius 2 is 2.26 bits per heavy atom. The Labute approximate surface area is 114 Å². The lowest BCUT2D eigenvalue weighted by molar-refractivity contribution is 0.115. The minimum Gasteiger partial charge on any atom is -0.449 e. The lowest BCUT2D eigenvalue weighted by atomic mass is 10.0. The second-order valence-corrected chi connectivity index (χ2v) is 5.05. The average molecular weight is 262 g/mol. The number of carbonyl (C=O) groups is 1. The van der Waals surface area contributed by atoms with E-state index in [1.165, 1.54) is 5.56 Å². The third-order valence-electron chi connectivity index (χ3n) is 3.57. The number of hydrogen-bond donors (Lipinski definition) is 1. The molecule has 1 unspecified atom stereocenters. The molecule has 0 spiro atoms. The van der Waals surface area contributed by atoms with E-state index in [-0.39, 0.29) is 6.09 Å². The zero-order valence-corrected chi connectivity index (χ0v) is 11.9. The predicted molar refractivity (Wildman–Crippen MR) is 76.7 cm³/mol. The number of nitrogens with zero attached hydrogens (tertiary/aromatic N) is 1. The maximum atomic E-state index is 12.0. The number of aryl methyl sites for hydroxylation is 2. The molecule has 0 aliphatic carbocycles. The van der Waals surface area contributed by atoms with Gasteiger partial charge in [-0.15, -0.1) is 0 Å². The van der Waals surface area contributed by atoms with Crippen LogP contribution in [0.25, 0.3) is 0 Å². The van der Waals surface area contributed by atoms with Crippen molar-refractivity contribution in [3.8, 4) is 0 Å². The summed E-state index contributed by atoms with van der Waals surface area (Å²) in [5, 5.41) is 3.15. The highest BCUT2D eigenvalue weighted by atomic mass is 16.6. The molecule has 2 rings (SSSR count). The van der Waals surface area contributed by atoms with Crippen molar-refractivity contribution < 1.29 is 9.53 Å². The van der Waals surface area contributed by atoms with Gasteiger partial charge in [-0.1, -0.05) is 25.1 Å². The molecule has 1 aliphatic rings. The number of para-hydroxylation sites is 1. The van der Waals surface area contributed by atoms with Crippen molar-refractivity contribution >= 4 is 11.8 Å². The van der Waals surface area contributed by atoms with Gasteiger partial charge in [0, 0.05) is 19.0 Å². The molecule has 1 heterocycles. The minimum absolute atomic E-state index is 0.226. The van der Waals surface area contributed by atoms with Crippen molar-refractivity contribution in [2.75, 3.05) is 31.6 Å². The van der Waals surface area contributed by atoms with E-state index in [1.807, 2.05) is 26.1 Å². The molecule has 104 valence electrons. The normalized spacial score (nSPS) is 19.4. The number of anilines is 1. The Bertz CT molecular complexity index is 459. The molecule has 4 heteroatoms. The van der Waals surface area contributed by atoms with Gasteiger partial charge in [0.25, 0.3) is 0 Å². The highest BCUT2D eigenvalue weighted by Gasteiger charge is 2.29. The van der Waals surface area contributed by atoms with E-state index in [0.717, 1.165) is 30.8 Å². The molecular formula is C15H22N2O2. The Balaban J connectivity index is 2.30. The Hall–Kier alpha value is -1.55. The summed E-state index contributed by atoms with van der Waals surface area (Å²) in [5.74, 6) is 0.340. The van der Waals surface area contributed by atoms with Gasteiger partial charge in [0.2, 0.25) is 0 Å². The van der Waals surface area contributed by atoms with Crippen LogP contribution in [0.1, 0.15) is 18.1 Å². The zero-order chi connectivity index (χ0) is 13.8. The molecule has 1 fully saturated rings. The van der Waals surface area contributed by atoms with Crippen LogP contribution in [0.15, 0.2) is 18.2 Å². The maximum Gasteiger partial charge on any atom is 0.414 e. The standard InChI is InChI=1S/C15H22N2O2/c1-4-13-7-5-6-11(2)14(13)17-9-12(8-16-3)10-19-15(17)18/h5-7,12,16H,4,8-10H2,1-3H3. The van der Waals surface area contributed by atoms with Gasteiger partial charge < -0.3 is 10.1 Å². The van der Waals surface area contributed by atoms with Crippen molar-refractivity contribution in [2.45, 2.75) is 20.3 Å². The van der Waals surface area contributed by atoms with E-state index in [1.54, 1.807) is 4.90 Å². The number of cyclic esters (lactones) is 1. The van der Waals surface area contributed by atoms with Gasteiger partial charge in [0.1, 0.15) is 0 Å². The number of benzene rings is 1. The fourth-order valence-corrected chi connectivity index (χ4v) is 2.64. The Morgan fingerprint density at radius 1 is 1.47 bits per heavy atom. The smallest absolute Gasteiger partial charge is 0.414 e. The summed E-state index contributed by atoms with van der Waals surface area (Å²) in [6.07, 6.45) is 0.689. The summed E-state index contributed by atoms with van der Waals surface area (Å²) in [5.41, 5.74) is 3.35. The van der Waals surface area contributed by atoms with Crippen molar-refractivity contribution in [1.82, 2.24) is 5.32 Å². The summed E-state index contributed by atoms with van der Waals surface area (Å²) in [4.78, 5) is 13.8. The third-order valence-corrected chi connectivity index (χ3v) is 3.57. The third kappa shape index (κ3) is 2.89. The number of amides is 1. The summed E-state index contributed by atoms with van der Waals surface area (Å²) in [6.45, 7) is 6.24. The number of nitrogens with one attached hydrogen (secondary N) is 1. The van der Waals surface area contributed by atoms with Crippen molar-refractivity contribution in [3.63, 3.8) is 0 Å². The molecule has 1 aliphatic heterocycles. The van der Waals surface area contributed by atoms with Gasteiger partial charge in [-0.2, -0.15) is 0 Å². The van der Waals surface area contributed by atoms with E-state index in [0.29, 0.717) is 12.5 Å². The second-order valence-electron chi connectivity index (χ2n) is 5.05. The minimum atomic E-state index is -0.226. The Morgan fingerprint density at radius 3 is 2.95 bits per heavy atom. The van der Waals surface area contributed by atoms with E-state index in [9.17, 15) is 4.79 Å². The highest BCUT2D eigenvalue weighted by Crippen LogP contribution is 2.29. The van der Waals surface area contributed by atoms with Crippen LogP contribution in [0.2, 0.25) is 0 Å². The highest BCUT2D eigenvalue weighted by molar-refractivity contribution is 5.90. The lowest BCUT2D eigenvalue weighted by Gasteiger charge is -2.34. The largest absolute Gasteiger partial charge is 0.449 e. The topological polar surface area (TPSA) is 41.6 Å². The number of hydrogen-bond acceptors (Lipinski definition) is 3. The number of rotatable bonds is 4. The molecule has 1 atom stereocenters. The van der Waals surface area contributed by atoms with Gasteiger partial charge in [0.15, 0.2) is 0 Å². The van der Waals surface area contributed by atoms with Crippen LogP contribution in [-0.2, 0) is 11.2 Å². The van der Waals surface area contributed by atoms with Crippen molar-refractivity contribution in [1.29, 1.82) is 0 Å². The molecule has 1 N–H and O–H groups in total. The van der Waals surface area contributed by atoms with Gasteiger partial charge >= 0.3 is 6.09 Å². The summed E-state index contributed by atoms with van der Waals surface area (Å²) < 4.78 is 5.31. The zero-order valence-electron chi connectivity index (χ0n) is 11.9. The van der Waals surface area contributed by atoms with Crippen LogP contribution < -0.4 is 10.2 Å². The summed E-state index contributed by atoms with van der Waals surface area (Å²) in [6, 6.07) is 6.17. The number of carbonyl (C=O) groups excluding carboxylic acids is 1. The van der Waals surface area contributed by atoms with Crippen LogP contribution in [0.3, 0.4) is 0 Å². The van der Waals surface area contributed by atoms with Crippen LogP contribution in [0.4, 0.5) is 10.5 Å². The molecule has 19 heavy (non-hydrogen) atoms. The Kier molecular flexibility index (Phi) is 4.43. The van der Waals surface area contributed by atoms with Crippen LogP contribution in [0.5, 0.6) is 0 Å². The van der Waals surface area contributed by atoms with E-state index >= 15 is 0 Å². The maximum absolute atomic E-state index is 12.0. The fraction of sp³-hybridized carbons (Fsp3) is 0.533. The molecule has 4 nitrogen and oxygen atoms in total. The van der Waals surface area contributed by atoms with Crippen LogP contribution in [-0.4, -0.2) is 32.8 Å². The van der Waals surface area contributed by atoms with E-state index in [2.05, 4.69) is 18.3 Å². The molecule has 1 aromatic rings. The van der Waals surface area contributed by atoms with Gasteiger partial charge in [-0.05, 0) is 31.5 Å². The lowest BCUT2D eigenvalue weighted by Crippen LogP contribution is -2.46. The van der Waals surface area contributed by atoms with E-state index in [4.69, 9.17) is 4.74 Å². The fourth-order valence-electron chi connectivity index (χ4n) is 2.64. The van der Waals surface area contributed by atoms with Gasteiger partial charge in [0.05, 0.1) is 12.3 Å². The number of ether oxygens (including phenoxy) is 1. The van der Waals surface area contributed by atoms with Crippen LogP contribution in [0, 0.1) is 12.8 Å². The van der Waals surface area contributed by atoms with Gasteiger partial charge in [-0.25, -0.2) is 4.79 Å². The second kappa shape index (κ2) is 6.06. The van der Waals surface area contributed by atoms with Gasteiger partial charge in [-0.3, -0.25) is 4.90 Å². The molecule has 1 aromatic carbocycles. The van der Waals surface area contributed by atoms with Crippen molar-refractivity contribution in [3.05, 3.63) is 29.3 Å². The quantitative estimate of drug-likeness (QED) is 0.905. The molecule has 0 radical (unpaired) electrons. The first kappa shape index (κ1) is 13.9. The first-order chi connectivity index (χ1) is 9.17. The predicted octanol–water partition coefficient (Wildman–Crippen LogP) is 2.35. The molecule has 0 bridgehead atoms. The molecular weight excluding hydrogens is 240 g/mol. The first-order valence-corrected chi connectivity index (χ1v) is 6.84. The molecule has 1 amide bonds. The molecule has 0 aromatic heterocycles. The molecule has 0 saturated carbocycles. The first-order valence-electron chi connectivity index (χ1n) is 6.84. The monoisotopic (exact) mass is 262 g/mol.